The number of H-pyrrole nitrogens is 1. The van der Waals surface area contributed by atoms with Crippen molar-refractivity contribution < 1.29 is 4.79 Å². The molecule has 5 nitrogen and oxygen atoms in total. The van der Waals surface area contributed by atoms with Crippen LogP contribution in [0.25, 0.3) is 11.2 Å². The topological polar surface area (TPSA) is 61.9 Å². The molecular weight excluding hydrogens is 288 g/mol. The second kappa shape index (κ2) is 5.83. The van der Waals surface area contributed by atoms with E-state index in [4.69, 9.17) is 4.98 Å². The quantitative estimate of drug-likeness (QED) is 0.733. The number of aldehydes is 1. The van der Waals surface area contributed by atoms with E-state index in [0.29, 0.717) is 6.42 Å². The molecule has 0 unspecified atom stereocenters. The standard InChI is InChI=1S/C18H20N4O/c1-18(2,12-23)9-13-10-19-17-16(13)21-15(11-20-17)22(3)14-7-5-4-6-8-14/h4-8,10-12H,9H2,1-3H3,(H,19,20). The van der Waals surface area contributed by atoms with Crippen LogP contribution in [0, 0.1) is 5.41 Å². The molecule has 3 rings (SSSR count). The van der Waals surface area contributed by atoms with Gasteiger partial charge in [-0.3, -0.25) is 0 Å². The van der Waals surface area contributed by atoms with Crippen molar-refractivity contribution in [1.29, 1.82) is 0 Å². The minimum Gasteiger partial charge on any atom is -0.345 e. The van der Waals surface area contributed by atoms with E-state index in [9.17, 15) is 4.79 Å². The second-order valence-corrected chi connectivity index (χ2v) is 6.42. The predicted molar refractivity (Wildman–Crippen MR) is 91.9 cm³/mol. The zero-order valence-corrected chi connectivity index (χ0v) is 13.6. The average Bonchev–Trinajstić information content (AvgIpc) is 2.96. The number of nitrogens with one attached hydrogen (secondary N) is 1. The monoisotopic (exact) mass is 308 g/mol. The molecule has 3 aromatic rings. The predicted octanol–water partition coefficient (Wildman–Crippen LogP) is 3.49. The number of rotatable bonds is 5. The number of aromatic amines is 1. The molecule has 2 heterocycles. The third-order valence-corrected chi connectivity index (χ3v) is 3.90. The number of aromatic nitrogens is 3. The molecule has 1 N–H and O–H groups in total. The summed E-state index contributed by atoms with van der Waals surface area (Å²) in [5.41, 5.74) is 3.20. The van der Waals surface area contributed by atoms with Gasteiger partial charge in [-0.15, -0.1) is 0 Å². The SMILES string of the molecule is CN(c1ccccc1)c1cnc2[nH]cc(CC(C)(C)C=O)c2n1. The summed E-state index contributed by atoms with van der Waals surface area (Å²) in [7, 11) is 1.97. The summed E-state index contributed by atoms with van der Waals surface area (Å²) in [4.78, 5) is 25.5. The van der Waals surface area contributed by atoms with Crippen molar-refractivity contribution in [2.45, 2.75) is 20.3 Å². The maximum Gasteiger partial charge on any atom is 0.156 e. The number of anilines is 2. The van der Waals surface area contributed by atoms with Crippen molar-refractivity contribution >= 4 is 29.0 Å². The molecule has 5 heteroatoms. The smallest absolute Gasteiger partial charge is 0.156 e. The van der Waals surface area contributed by atoms with E-state index < -0.39 is 5.41 Å². The lowest BCUT2D eigenvalue weighted by molar-refractivity contribution is -0.114. The maximum atomic E-state index is 11.2. The van der Waals surface area contributed by atoms with Gasteiger partial charge in [-0.05, 0) is 24.1 Å². The highest BCUT2D eigenvalue weighted by Crippen LogP contribution is 2.27. The Bertz CT molecular complexity index is 823. The molecule has 0 aliphatic rings. The lowest BCUT2D eigenvalue weighted by atomic mass is 9.88. The Morgan fingerprint density at radius 2 is 2.00 bits per heavy atom. The Kier molecular flexibility index (Phi) is 3.86. The highest BCUT2D eigenvalue weighted by atomic mass is 16.1. The van der Waals surface area contributed by atoms with Crippen LogP contribution < -0.4 is 4.90 Å². The first-order valence-corrected chi connectivity index (χ1v) is 7.58. The molecule has 0 fully saturated rings. The molecule has 0 aliphatic heterocycles. The van der Waals surface area contributed by atoms with Crippen LogP contribution in [0.4, 0.5) is 11.5 Å². The van der Waals surface area contributed by atoms with Crippen molar-refractivity contribution in [3.8, 4) is 0 Å². The number of carbonyl (C=O) groups excluding carboxylic acids is 1. The van der Waals surface area contributed by atoms with Crippen LogP contribution in [0.5, 0.6) is 0 Å². The van der Waals surface area contributed by atoms with Crippen LogP contribution in [0.15, 0.2) is 42.7 Å². The first-order valence-electron chi connectivity index (χ1n) is 7.58. The fourth-order valence-electron chi connectivity index (χ4n) is 2.55. The lowest BCUT2D eigenvalue weighted by Gasteiger charge is -2.18. The summed E-state index contributed by atoms with van der Waals surface area (Å²) in [6, 6.07) is 10.0. The molecule has 2 aromatic heterocycles. The molecule has 0 aliphatic carbocycles. The lowest BCUT2D eigenvalue weighted by Crippen LogP contribution is -2.16. The highest BCUT2D eigenvalue weighted by molar-refractivity contribution is 5.78. The molecule has 0 saturated heterocycles. The minimum atomic E-state index is -0.419. The number of carbonyl (C=O) groups is 1. The number of para-hydroxylation sites is 1. The van der Waals surface area contributed by atoms with Gasteiger partial charge in [0.25, 0.3) is 0 Å². The van der Waals surface area contributed by atoms with Crippen molar-refractivity contribution in [1.82, 2.24) is 15.0 Å². The van der Waals surface area contributed by atoms with Crippen molar-refractivity contribution in [3.63, 3.8) is 0 Å². The molecule has 1 aromatic carbocycles. The summed E-state index contributed by atoms with van der Waals surface area (Å²) in [5, 5.41) is 0. The summed E-state index contributed by atoms with van der Waals surface area (Å²) in [5.74, 6) is 0.772. The van der Waals surface area contributed by atoms with Gasteiger partial charge in [0.2, 0.25) is 0 Å². The van der Waals surface area contributed by atoms with E-state index in [-0.39, 0.29) is 0 Å². The summed E-state index contributed by atoms with van der Waals surface area (Å²) in [6.45, 7) is 3.85. The Hall–Kier alpha value is -2.69. The normalized spacial score (nSPS) is 11.6. The second-order valence-electron chi connectivity index (χ2n) is 6.42. The fourth-order valence-corrected chi connectivity index (χ4v) is 2.55. The molecule has 23 heavy (non-hydrogen) atoms. The van der Waals surface area contributed by atoms with Crippen LogP contribution in [-0.4, -0.2) is 28.3 Å². The molecular formula is C18H20N4O. The Morgan fingerprint density at radius 1 is 1.26 bits per heavy atom. The van der Waals surface area contributed by atoms with Gasteiger partial charge in [0, 0.05) is 24.3 Å². The molecule has 0 radical (unpaired) electrons. The van der Waals surface area contributed by atoms with E-state index in [1.165, 1.54) is 0 Å². The number of hydrogen-bond acceptors (Lipinski definition) is 4. The highest BCUT2D eigenvalue weighted by Gasteiger charge is 2.20. The van der Waals surface area contributed by atoms with Crippen molar-refractivity contribution in [2.75, 3.05) is 11.9 Å². The molecule has 118 valence electrons. The fraction of sp³-hybridized carbons (Fsp3) is 0.278. The van der Waals surface area contributed by atoms with Gasteiger partial charge >= 0.3 is 0 Å². The van der Waals surface area contributed by atoms with Crippen LogP contribution >= 0.6 is 0 Å². The van der Waals surface area contributed by atoms with E-state index in [1.54, 1.807) is 6.20 Å². The third kappa shape index (κ3) is 3.08. The maximum absolute atomic E-state index is 11.2. The van der Waals surface area contributed by atoms with Gasteiger partial charge in [-0.25, -0.2) is 9.97 Å². The Balaban J connectivity index is 1.99. The number of benzene rings is 1. The van der Waals surface area contributed by atoms with Crippen molar-refractivity contribution in [3.05, 3.63) is 48.3 Å². The molecule has 0 atom stereocenters. The van der Waals surface area contributed by atoms with Gasteiger partial charge in [-0.2, -0.15) is 0 Å². The van der Waals surface area contributed by atoms with Gasteiger partial charge in [0.15, 0.2) is 11.5 Å². The minimum absolute atomic E-state index is 0.419. The van der Waals surface area contributed by atoms with E-state index in [1.807, 2.05) is 62.3 Å². The van der Waals surface area contributed by atoms with Gasteiger partial charge in [-0.1, -0.05) is 32.0 Å². The number of nitrogens with zero attached hydrogens (tertiary/aromatic N) is 3. The van der Waals surface area contributed by atoms with Gasteiger partial charge in [0.1, 0.15) is 11.8 Å². The van der Waals surface area contributed by atoms with Crippen molar-refractivity contribution in [2.24, 2.45) is 5.41 Å². The van der Waals surface area contributed by atoms with Crippen LogP contribution in [0.3, 0.4) is 0 Å². The molecule has 0 spiro atoms. The van der Waals surface area contributed by atoms with E-state index in [0.717, 1.165) is 34.5 Å². The first-order chi connectivity index (χ1) is 11.0. The van der Waals surface area contributed by atoms with E-state index in [2.05, 4.69) is 9.97 Å². The Morgan fingerprint density at radius 3 is 2.70 bits per heavy atom. The number of hydrogen-bond donors (Lipinski definition) is 1. The number of fused-ring (bicyclic) bond motifs is 1. The zero-order chi connectivity index (χ0) is 16.4. The summed E-state index contributed by atoms with van der Waals surface area (Å²) in [6.07, 6.45) is 5.26. The van der Waals surface area contributed by atoms with Gasteiger partial charge < -0.3 is 14.7 Å². The largest absolute Gasteiger partial charge is 0.345 e. The molecule has 0 bridgehead atoms. The molecule has 0 amide bonds. The first kappa shape index (κ1) is 15.2. The third-order valence-electron chi connectivity index (χ3n) is 3.90. The molecule has 0 saturated carbocycles. The van der Waals surface area contributed by atoms with E-state index >= 15 is 0 Å². The Labute approximate surface area is 135 Å². The van der Waals surface area contributed by atoms with Crippen LogP contribution in [-0.2, 0) is 11.2 Å². The summed E-state index contributed by atoms with van der Waals surface area (Å²) < 4.78 is 0. The summed E-state index contributed by atoms with van der Waals surface area (Å²) >= 11 is 0. The zero-order valence-electron chi connectivity index (χ0n) is 13.6. The van der Waals surface area contributed by atoms with Crippen LogP contribution in [0.2, 0.25) is 0 Å². The average molecular weight is 308 g/mol. The van der Waals surface area contributed by atoms with Crippen LogP contribution in [0.1, 0.15) is 19.4 Å². The van der Waals surface area contributed by atoms with Gasteiger partial charge in [0.05, 0.1) is 6.20 Å².